The number of ether oxygens (including phenoxy) is 3. The number of amides is 2. The van der Waals surface area contributed by atoms with Gasteiger partial charge in [-0.25, -0.2) is 4.79 Å². The van der Waals surface area contributed by atoms with Crippen molar-refractivity contribution in [3.05, 3.63) is 62.5 Å². The van der Waals surface area contributed by atoms with E-state index < -0.39 is 17.1 Å². The third kappa shape index (κ3) is 6.43. The number of thioether (sulfide) groups is 1. The second kappa shape index (κ2) is 11.4. The summed E-state index contributed by atoms with van der Waals surface area (Å²) >= 11 is 12.9. The summed E-state index contributed by atoms with van der Waals surface area (Å²) in [6, 6.07) is 9.91. The van der Waals surface area contributed by atoms with E-state index in [0.29, 0.717) is 39.3 Å². The average Bonchev–Trinajstić information content (AvgIpc) is 3.02. The van der Waals surface area contributed by atoms with E-state index in [1.807, 2.05) is 6.92 Å². The molecule has 0 aliphatic carbocycles. The fraction of sp³-hybridized carbons (Fsp3) is 0.261. The number of hydrogen-bond donors (Lipinski definition) is 0. The lowest BCUT2D eigenvalue weighted by molar-refractivity contribution is -0.145. The minimum absolute atomic E-state index is 0.0445. The van der Waals surface area contributed by atoms with Crippen molar-refractivity contribution in [1.29, 1.82) is 0 Å². The highest BCUT2D eigenvalue weighted by Crippen LogP contribution is 2.36. The molecular weight excluding hydrogens is 489 g/mol. The van der Waals surface area contributed by atoms with Crippen LogP contribution in [0.25, 0.3) is 6.08 Å². The van der Waals surface area contributed by atoms with Crippen LogP contribution in [0.2, 0.25) is 10.0 Å². The predicted octanol–water partition coefficient (Wildman–Crippen LogP) is 5.57. The Morgan fingerprint density at radius 1 is 1.03 bits per heavy atom. The lowest BCUT2D eigenvalue weighted by atomic mass is 10.1. The monoisotopic (exact) mass is 509 g/mol. The van der Waals surface area contributed by atoms with Crippen LogP contribution in [0, 0.1) is 0 Å². The number of carbonyl (C=O) groups excluding carboxylic acids is 3. The molecule has 2 amide bonds. The van der Waals surface area contributed by atoms with Crippen molar-refractivity contribution in [3.8, 4) is 11.5 Å². The van der Waals surface area contributed by atoms with Crippen LogP contribution < -0.4 is 9.47 Å². The molecule has 33 heavy (non-hydrogen) atoms. The molecule has 2 aromatic rings. The number of hydrogen-bond acceptors (Lipinski definition) is 7. The van der Waals surface area contributed by atoms with Gasteiger partial charge in [-0.3, -0.25) is 14.5 Å². The van der Waals surface area contributed by atoms with E-state index in [1.54, 1.807) is 49.4 Å². The second-order valence-corrected chi connectivity index (χ2v) is 8.57. The van der Waals surface area contributed by atoms with Crippen LogP contribution in [-0.4, -0.2) is 41.8 Å². The van der Waals surface area contributed by atoms with Crippen molar-refractivity contribution in [2.45, 2.75) is 20.4 Å². The number of carbonyl (C=O) groups is 3. The molecule has 3 rings (SSSR count). The summed E-state index contributed by atoms with van der Waals surface area (Å²) < 4.78 is 16.0. The number of esters is 1. The second-order valence-electron chi connectivity index (χ2n) is 6.74. The van der Waals surface area contributed by atoms with Crippen LogP contribution in [0.1, 0.15) is 25.0 Å². The molecule has 1 saturated heterocycles. The summed E-state index contributed by atoms with van der Waals surface area (Å²) in [5.74, 6) is -0.134. The van der Waals surface area contributed by atoms with Gasteiger partial charge in [-0.2, -0.15) is 0 Å². The minimum atomic E-state index is -0.488. The predicted molar refractivity (Wildman–Crippen MR) is 128 cm³/mol. The third-order valence-electron chi connectivity index (χ3n) is 4.43. The Morgan fingerprint density at radius 2 is 1.82 bits per heavy atom. The van der Waals surface area contributed by atoms with Crippen LogP contribution in [0.15, 0.2) is 41.3 Å². The number of imide groups is 1. The summed E-state index contributed by atoms with van der Waals surface area (Å²) in [6.07, 6.45) is 1.60. The number of rotatable bonds is 9. The van der Waals surface area contributed by atoms with Crippen LogP contribution in [0.4, 0.5) is 4.79 Å². The highest BCUT2D eigenvalue weighted by atomic mass is 35.5. The maximum absolute atomic E-state index is 12.9. The van der Waals surface area contributed by atoms with Gasteiger partial charge in [0.15, 0.2) is 18.1 Å². The molecule has 0 radical (unpaired) electrons. The van der Waals surface area contributed by atoms with Gasteiger partial charge in [-0.15, -0.1) is 0 Å². The van der Waals surface area contributed by atoms with Gasteiger partial charge in [0.05, 0.1) is 24.7 Å². The molecule has 0 saturated carbocycles. The van der Waals surface area contributed by atoms with Gasteiger partial charge in [0.1, 0.15) is 0 Å². The molecule has 0 atom stereocenters. The molecule has 1 aliphatic heterocycles. The van der Waals surface area contributed by atoms with Gasteiger partial charge in [-0.05, 0) is 67.1 Å². The zero-order valence-electron chi connectivity index (χ0n) is 17.9. The number of halogens is 2. The van der Waals surface area contributed by atoms with Crippen molar-refractivity contribution in [3.63, 3.8) is 0 Å². The standard InChI is InChI=1S/C23H21Cl2NO6S/c1-3-30-19-9-14(5-8-18(19)32-13-21(27)31-4-2)10-20-22(28)26(23(29)33-20)12-15-6-7-16(24)11-17(15)25/h5-11H,3-4,12-13H2,1-2H3/b20-10-. The topological polar surface area (TPSA) is 82.1 Å². The minimum Gasteiger partial charge on any atom is -0.490 e. The van der Waals surface area contributed by atoms with Crippen LogP contribution >= 0.6 is 35.0 Å². The van der Waals surface area contributed by atoms with Crippen molar-refractivity contribution in [2.24, 2.45) is 0 Å². The van der Waals surface area contributed by atoms with Crippen molar-refractivity contribution >= 4 is 58.2 Å². The first kappa shape index (κ1) is 25.0. The molecule has 0 unspecified atom stereocenters. The van der Waals surface area contributed by atoms with Gasteiger partial charge >= 0.3 is 5.97 Å². The number of benzene rings is 2. The fourth-order valence-electron chi connectivity index (χ4n) is 2.95. The Hall–Kier alpha value is -2.68. The maximum atomic E-state index is 12.9. The maximum Gasteiger partial charge on any atom is 0.344 e. The fourth-order valence-corrected chi connectivity index (χ4v) is 4.26. The highest BCUT2D eigenvalue weighted by molar-refractivity contribution is 8.18. The van der Waals surface area contributed by atoms with E-state index in [4.69, 9.17) is 37.4 Å². The van der Waals surface area contributed by atoms with Crippen molar-refractivity contribution in [1.82, 2.24) is 4.90 Å². The van der Waals surface area contributed by atoms with E-state index in [-0.39, 0.29) is 24.7 Å². The first-order valence-electron chi connectivity index (χ1n) is 10.1. The van der Waals surface area contributed by atoms with Gasteiger partial charge in [0, 0.05) is 10.0 Å². The normalized spacial score (nSPS) is 14.7. The Labute approximate surface area is 205 Å². The van der Waals surface area contributed by atoms with E-state index in [0.717, 1.165) is 16.7 Å². The number of nitrogens with zero attached hydrogens (tertiary/aromatic N) is 1. The average molecular weight is 510 g/mol. The van der Waals surface area contributed by atoms with Crippen LogP contribution in [-0.2, 0) is 20.9 Å². The lowest BCUT2D eigenvalue weighted by Crippen LogP contribution is -2.27. The Morgan fingerprint density at radius 3 is 2.52 bits per heavy atom. The van der Waals surface area contributed by atoms with E-state index in [1.165, 1.54) is 0 Å². The SMILES string of the molecule is CCOC(=O)COc1ccc(/C=C2\SC(=O)N(Cc3ccc(Cl)cc3Cl)C2=O)cc1OCC. The van der Waals surface area contributed by atoms with Gasteiger partial charge in [0.25, 0.3) is 11.1 Å². The Balaban J connectivity index is 1.77. The van der Waals surface area contributed by atoms with Crippen LogP contribution in [0.3, 0.4) is 0 Å². The smallest absolute Gasteiger partial charge is 0.344 e. The molecular formula is C23H21Cl2NO6S. The summed E-state index contributed by atoms with van der Waals surface area (Å²) in [4.78, 5) is 38.3. The van der Waals surface area contributed by atoms with Gasteiger partial charge in [-0.1, -0.05) is 35.3 Å². The lowest BCUT2D eigenvalue weighted by Gasteiger charge is -2.14. The zero-order chi connectivity index (χ0) is 24.0. The molecule has 0 aromatic heterocycles. The molecule has 1 heterocycles. The molecule has 174 valence electrons. The molecule has 1 fully saturated rings. The molecule has 0 spiro atoms. The summed E-state index contributed by atoms with van der Waals surface area (Å²) in [6.45, 7) is 3.96. The van der Waals surface area contributed by atoms with E-state index >= 15 is 0 Å². The highest BCUT2D eigenvalue weighted by Gasteiger charge is 2.35. The Bertz CT molecular complexity index is 1100. The zero-order valence-corrected chi connectivity index (χ0v) is 20.3. The molecule has 7 nitrogen and oxygen atoms in total. The largest absolute Gasteiger partial charge is 0.490 e. The molecule has 2 aromatic carbocycles. The Kier molecular flexibility index (Phi) is 8.66. The molecule has 10 heteroatoms. The first-order chi connectivity index (χ1) is 15.8. The van der Waals surface area contributed by atoms with E-state index in [2.05, 4.69) is 0 Å². The molecule has 0 N–H and O–H groups in total. The summed E-state index contributed by atoms with van der Waals surface area (Å²) in [5, 5.41) is 0.458. The van der Waals surface area contributed by atoms with E-state index in [9.17, 15) is 14.4 Å². The van der Waals surface area contributed by atoms with Crippen LogP contribution in [0.5, 0.6) is 11.5 Å². The quantitative estimate of drug-likeness (QED) is 0.322. The van der Waals surface area contributed by atoms with Gasteiger partial charge < -0.3 is 14.2 Å². The molecule has 0 bridgehead atoms. The first-order valence-corrected chi connectivity index (χ1v) is 11.6. The molecule has 1 aliphatic rings. The van der Waals surface area contributed by atoms with Crippen molar-refractivity contribution in [2.75, 3.05) is 19.8 Å². The summed E-state index contributed by atoms with van der Waals surface area (Å²) in [7, 11) is 0. The third-order valence-corrected chi connectivity index (χ3v) is 5.93. The summed E-state index contributed by atoms with van der Waals surface area (Å²) in [5.41, 5.74) is 1.25. The van der Waals surface area contributed by atoms with Gasteiger partial charge in [0.2, 0.25) is 0 Å². The van der Waals surface area contributed by atoms with Crippen molar-refractivity contribution < 1.29 is 28.6 Å².